The van der Waals surface area contributed by atoms with Gasteiger partial charge in [0.15, 0.2) is 11.5 Å². The fourth-order valence-electron chi connectivity index (χ4n) is 2.69. The van der Waals surface area contributed by atoms with E-state index in [1.165, 1.54) is 10.9 Å². The van der Waals surface area contributed by atoms with Gasteiger partial charge in [-0.15, -0.1) is 0 Å². The Kier molecular flexibility index (Phi) is 2.39. The van der Waals surface area contributed by atoms with E-state index in [9.17, 15) is 0 Å². The molecule has 0 fully saturated rings. The summed E-state index contributed by atoms with van der Waals surface area (Å²) in [7, 11) is 2.09. The molecule has 0 bridgehead atoms. The number of aromatic nitrogens is 1. The van der Waals surface area contributed by atoms with Crippen molar-refractivity contribution < 1.29 is 14.0 Å². The zero-order valence-corrected chi connectivity index (χ0v) is 11.2. The zero-order chi connectivity index (χ0) is 13.5. The third-order valence-corrected chi connectivity index (χ3v) is 3.75. The highest BCUT2D eigenvalue weighted by atomic mass is 16.7. The maximum Gasteiger partial charge on any atom is 0.231 e. The molecular formula is C17H14NO2+. The number of para-hydroxylation sites is 1. The molecule has 0 unspecified atom stereocenters. The first-order valence-corrected chi connectivity index (χ1v) is 6.61. The minimum absolute atomic E-state index is 0.308. The van der Waals surface area contributed by atoms with Gasteiger partial charge in [0.1, 0.15) is 7.05 Å². The van der Waals surface area contributed by atoms with Gasteiger partial charge in [0.2, 0.25) is 18.0 Å². The van der Waals surface area contributed by atoms with Gasteiger partial charge in [-0.3, -0.25) is 0 Å². The van der Waals surface area contributed by atoms with E-state index in [1.54, 1.807) is 0 Å². The molecular weight excluding hydrogens is 250 g/mol. The fraction of sp³-hybridized carbons (Fsp3) is 0.118. The lowest BCUT2D eigenvalue weighted by Crippen LogP contribution is -2.31. The highest BCUT2D eigenvalue weighted by Gasteiger charge is 2.18. The van der Waals surface area contributed by atoms with E-state index >= 15 is 0 Å². The molecule has 3 nitrogen and oxygen atoms in total. The Morgan fingerprint density at radius 3 is 2.70 bits per heavy atom. The van der Waals surface area contributed by atoms with Crippen LogP contribution < -0.4 is 14.0 Å². The Morgan fingerprint density at radius 1 is 0.900 bits per heavy atom. The molecule has 1 aromatic heterocycles. The lowest BCUT2D eigenvalue weighted by Gasteiger charge is -2.04. The van der Waals surface area contributed by atoms with Crippen molar-refractivity contribution in [3.8, 4) is 22.8 Å². The van der Waals surface area contributed by atoms with Gasteiger partial charge >= 0.3 is 0 Å². The molecule has 20 heavy (non-hydrogen) atoms. The Morgan fingerprint density at radius 2 is 1.75 bits per heavy atom. The molecule has 0 saturated carbocycles. The first-order valence-electron chi connectivity index (χ1n) is 6.61. The molecule has 2 heterocycles. The minimum atomic E-state index is 0.308. The number of nitrogens with zero attached hydrogens (tertiary/aromatic N) is 1. The molecule has 1 aliphatic heterocycles. The van der Waals surface area contributed by atoms with E-state index in [0.29, 0.717) is 6.79 Å². The number of hydrogen-bond donors (Lipinski definition) is 0. The summed E-state index contributed by atoms with van der Waals surface area (Å²) in [6, 6.07) is 18.7. The zero-order valence-electron chi connectivity index (χ0n) is 11.2. The first-order chi connectivity index (χ1) is 9.83. The Bertz CT molecular complexity index is 811. The molecule has 0 radical (unpaired) electrons. The minimum Gasteiger partial charge on any atom is -0.454 e. The van der Waals surface area contributed by atoms with Gasteiger partial charge in [-0.2, -0.15) is 4.57 Å². The van der Waals surface area contributed by atoms with Gasteiger partial charge in [0.25, 0.3) is 0 Å². The van der Waals surface area contributed by atoms with Crippen molar-refractivity contribution in [2.75, 3.05) is 6.79 Å². The van der Waals surface area contributed by atoms with E-state index in [0.717, 1.165) is 22.8 Å². The summed E-state index contributed by atoms with van der Waals surface area (Å²) in [6.07, 6.45) is 0. The van der Waals surface area contributed by atoms with Crippen LogP contribution >= 0.6 is 0 Å². The Balaban J connectivity index is 1.92. The Hall–Kier alpha value is -2.55. The van der Waals surface area contributed by atoms with Gasteiger partial charge in [-0.25, -0.2) is 0 Å². The molecule has 0 spiro atoms. The topological polar surface area (TPSA) is 22.3 Å². The van der Waals surface area contributed by atoms with Crippen molar-refractivity contribution in [2.24, 2.45) is 7.05 Å². The molecule has 0 atom stereocenters. The molecule has 0 N–H and O–H groups in total. The summed E-state index contributed by atoms with van der Waals surface area (Å²) in [5.74, 6) is 1.63. The molecule has 0 saturated heterocycles. The van der Waals surface area contributed by atoms with Crippen LogP contribution in [0.5, 0.6) is 11.5 Å². The van der Waals surface area contributed by atoms with Crippen LogP contribution in [0, 0.1) is 0 Å². The quantitative estimate of drug-likeness (QED) is 0.630. The standard InChI is InChI=1S/C17H14NO2/c1-18-14-5-3-2-4-12(14)6-8-15(18)13-7-9-16-17(10-13)20-11-19-16/h2-10H,11H2,1H3/q+1. The van der Waals surface area contributed by atoms with Gasteiger partial charge in [0, 0.05) is 17.5 Å². The number of aryl methyl sites for hydroxylation is 1. The third kappa shape index (κ3) is 1.63. The average Bonchev–Trinajstić information content (AvgIpc) is 2.95. The third-order valence-electron chi connectivity index (χ3n) is 3.75. The normalized spacial score (nSPS) is 12.8. The predicted molar refractivity (Wildman–Crippen MR) is 76.7 cm³/mol. The Labute approximate surface area is 117 Å². The highest BCUT2D eigenvalue weighted by molar-refractivity contribution is 5.77. The van der Waals surface area contributed by atoms with Crippen molar-refractivity contribution in [3.63, 3.8) is 0 Å². The van der Waals surface area contributed by atoms with Crippen molar-refractivity contribution in [1.82, 2.24) is 0 Å². The van der Waals surface area contributed by atoms with Crippen LogP contribution in [-0.4, -0.2) is 6.79 Å². The monoisotopic (exact) mass is 264 g/mol. The SMILES string of the molecule is C[n+]1c(-c2ccc3c(c2)OCO3)ccc2ccccc21. The predicted octanol–water partition coefficient (Wildman–Crippen LogP) is 3.06. The molecule has 4 rings (SSSR count). The molecule has 0 amide bonds. The maximum atomic E-state index is 5.46. The van der Waals surface area contributed by atoms with Crippen LogP contribution in [-0.2, 0) is 7.05 Å². The largest absolute Gasteiger partial charge is 0.454 e. The molecule has 3 aromatic rings. The van der Waals surface area contributed by atoms with E-state index in [-0.39, 0.29) is 0 Å². The van der Waals surface area contributed by atoms with Crippen LogP contribution in [0.15, 0.2) is 54.6 Å². The second kappa shape index (κ2) is 4.23. The second-order valence-corrected chi connectivity index (χ2v) is 4.90. The van der Waals surface area contributed by atoms with Crippen molar-refractivity contribution in [1.29, 1.82) is 0 Å². The van der Waals surface area contributed by atoms with Gasteiger partial charge in [-0.1, -0.05) is 12.1 Å². The molecule has 1 aliphatic rings. The van der Waals surface area contributed by atoms with Crippen molar-refractivity contribution in [2.45, 2.75) is 0 Å². The maximum absolute atomic E-state index is 5.46. The van der Waals surface area contributed by atoms with Crippen LogP contribution in [0.4, 0.5) is 0 Å². The fourth-order valence-corrected chi connectivity index (χ4v) is 2.69. The summed E-state index contributed by atoms with van der Waals surface area (Å²) in [5, 5.41) is 1.24. The van der Waals surface area contributed by atoms with Gasteiger partial charge in [0.05, 0.1) is 5.56 Å². The average molecular weight is 264 g/mol. The van der Waals surface area contributed by atoms with E-state index in [2.05, 4.69) is 54.1 Å². The molecule has 2 aromatic carbocycles. The van der Waals surface area contributed by atoms with E-state index in [4.69, 9.17) is 9.47 Å². The van der Waals surface area contributed by atoms with Crippen LogP contribution in [0.3, 0.4) is 0 Å². The van der Waals surface area contributed by atoms with Crippen LogP contribution in [0.2, 0.25) is 0 Å². The number of rotatable bonds is 1. The van der Waals surface area contributed by atoms with Crippen LogP contribution in [0.1, 0.15) is 0 Å². The summed E-state index contributed by atoms with van der Waals surface area (Å²) in [4.78, 5) is 0. The van der Waals surface area contributed by atoms with E-state index in [1.807, 2.05) is 12.1 Å². The number of benzene rings is 2. The lowest BCUT2D eigenvalue weighted by molar-refractivity contribution is -0.633. The van der Waals surface area contributed by atoms with E-state index < -0.39 is 0 Å². The molecule has 0 aliphatic carbocycles. The lowest BCUT2D eigenvalue weighted by atomic mass is 10.1. The number of hydrogen-bond acceptors (Lipinski definition) is 2. The summed E-state index contributed by atoms with van der Waals surface area (Å²) in [6.45, 7) is 0.308. The number of fused-ring (bicyclic) bond motifs is 2. The molecule has 98 valence electrons. The summed E-state index contributed by atoms with van der Waals surface area (Å²) in [5.41, 5.74) is 3.49. The van der Waals surface area contributed by atoms with Crippen molar-refractivity contribution in [3.05, 3.63) is 54.6 Å². The number of ether oxygens (including phenoxy) is 2. The van der Waals surface area contributed by atoms with Gasteiger partial charge in [-0.05, 0) is 30.3 Å². The summed E-state index contributed by atoms with van der Waals surface area (Å²) < 4.78 is 13.0. The number of pyridine rings is 1. The highest BCUT2D eigenvalue weighted by Crippen LogP contribution is 2.35. The smallest absolute Gasteiger partial charge is 0.231 e. The first kappa shape index (κ1) is 11.3. The second-order valence-electron chi connectivity index (χ2n) is 4.90. The molecule has 3 heteroatoms. The van der Waals surface area contributed by atoms with Gasteiger partial charge < -0.3 is 9.47 Å². The van der Waals surface area contributed by atoms with Crippen LogP contribution in [0.25, 0.3) is 22.2 Å². The summed E-state index contributed by atoms with van der Waals surface area (Å²) >= 11 is 0. The van der Waals surface area contributed by atoms with Crippen molar-refractivity contribution >= 4 is 10.9 Å².